The number of benzene rings is 2. The molecule has 1 atom stereocenters. The molecule has 0 spiro atoms. The summed E-state index contributed by atoms with van der Waals surface area (Å²) >= 11 is 0. The summed E-state index contributed by atoms with van der Waals surface area (Å²) in [5.74, 6) is -0.241. The number of para-hydroxylation sites is 1. The minimum atomic E-state index is -0.241. The molecule has 1 aliphatic heterocycles. The van der Waals surface area contributed by atoms with Crippen LogP contribution >= 0.6 is 0 Å². The fraction of sp³-hybridized carbons (Fsp3) is 0.286. The van der Waals surface area contributed by atoms with Crippen molar-refractivity contribution in [2.45, 2.75) is 25.5 Å². The van der Waals surface area contributed by atoms with E-state index in [9.17, 15) is 4.39 Å². The van der Waals surface area contributed by atoms with Crippen molar-refractivity contribution < 1.29 is 9.13 Å². The summed E-state index contributed by atoms with van der Waals surface area (Å²) in [5, 5.41) is 8.23. The molecule has 2 aromatic carbocycles. The highest BCUT2D eigenvalue weighted by molar-refractivity contribution is 5.63. The molecule has 1 aliphatic rings. The van der Waals surface area contributed by atoms with Gasteiger partial charge in [-0.2, -0.15) is 5.10 Å². The Kier molecular flexibility index (Phi) is 5.09. The van der Waals surface area contributed by atoms with Gasteiger partial charge in [-0.25, -0.2) is 9.07 Å². The number of nitrogens with zero attached hydrogens (tertiary/aromatic N) is 2. The second kappa shape index (κ2) is 7.81. The highest BCUT2D eigenvalue weighted by Crippen LogP contribution is 2.24. The van der Waals surface area contributed by atoms with Crippen LogP contribution in [0.4, 0.5) is 4.39 Å². The van der Waals surface area contributed by atoms with Gasteiger partial charge in [-0.3, -0.25) is 0 Å². The van der Waals surface area contributed by atoms with Gasteiger partial charge < -0.3 is 10.1 Å². The minimum Gasteiger partial charge on any atom is -0.377 e. The first-order valence-electron chi connectivity index (χ1n) is 9.02. The average Bonchev–Trinajstić information content (AvgIpc) is 3.33. The molecule has 0 unspecified atom stereocenters. The summed E-state index contributed by atoms with van der Waals surface area (Å²) in [6, 6.07) is 16.5. The zero-order chi connectivity index (χ0) is 17.8. The van der Waals surface area contributed by atoms with Crippen molar-refractivity contribution in [2.75, 3.05) is 13.2 Å². The minimum absolute atomic E-state index is 0.241. The Balaban J connectivity index is 1.59. The number of aromatic nitrogens is 2. The van der Waals surface area contributed by atoms with Crippen LogP contribution in [0.2, 0.25) is 0 Å². The van der Waals surface area contributed by atoms with Crippen LogP contribution in [0.25, 0.3) is 16.9 Å². The van der Waals surface area contributed by atoms with E-state index in [0.29, 0.717) is 12.6 Å². The lowest BCUT2D eigenvalue weighted by atomic mass is 10.1. The Morgan fingerprint density at radius 1 is 1.12 bits per heavy atom. The van der Waals surface area contributed by atoms with Crippen LogP contribution in [0.15, 0.2) is 60.8 Å². The molecule has 3 aromatic rings. The van der Waals surface area contributed by atoms with E-state index in [1.54, 1.807) is 12.1 Å². The Morgan fingerprint density at radius 2 is 1.92 bits per heavy atom. The Hall–Kier alpha value is -2.50. The first kappa shape index (κ1) is 16.9. The zero-order valence-corrected chi connectivity index (χ0v) is 14.6. The van der Waals surface area contributed by atoms with Crippen LogP contribution in [0, 0.1) is 5.82 Å². The predicted molar refractivity (Wildman–Crippen MR) is 99.6 cm³/mol. The molecule has 4 rings (SSSR count). The Morgan fingerprint density at radius 3 is 2.65 bits per heavy atom. The van der Waals surface area contributed by atoms with Gasteiger partial charge in [0.2, 0.25) is 0 Å². The van der Waals surface area contributed by atoms with Gasteiger partial charge in [0.1, 0.15) is 5.82 Å². The molecular weight excluding hydrogens is 329 g/mol. The molecule has 26 heavy (non-hydrogen) atoms. The van der Waals surface area contributed by atoms with Crippen LogP contribution < -0.4 is 5.32 Å². The van der Waals surface area contributed by atoms with Gasteiger partial charge in [-0.1, -0.05) is 18.2 Å². The molecule has 0 bridgehead atoms. The molecule has 1 N–H and O–H groups in total. The normalized spacial score (nSPS) is 16.9. The third-order valence-electron chi connectivity index (χ3n) is 4.64. The van der Waals surface area contributed by atoms with Gasteiger partial charge >= 0.3 is 0 Å². The predicted octanol–water partition coefficient (Wildman–Crippen LogP) is 3.95. The Labute approximate surface area is 152 Å². The number of nitrogens with one attached hydrogen (secondary N) is 1. The second-order valence-corrected chi connectivity index (χ2v) is 6.56. The summed E-state index contributed by atoms with van der Waals surface area (Å²) < 4.78 is 20.8. The van der Waals surface area contributed by atoms with Gasteiger partial charge in [-0.05, 0) is 49.2 Å². The maximum Gasteiger partial charge on any atom is 0.123 e. The largest absolute Gasteiger partial charge is 0.377 e. The first-order valence-corrected chi connectivity index (χ1v) is 9.02. The smallest absolute Gasteiger partial charge is 0.123 e. The van der Waals surface area contributed by atoms with E-state index in [2.05, 4.69) is 5.32 Å². The molecule has 134 valence electrons. The lowest BCUT2D eigenvalue weighted by molar-refractivity contribution is 0.110. The number of ether oxygens (including phenoxy) is 1. The lowest BCUT2D eigenvalue weighted by Crippen LogP contribution is -2.25. The monoisotopic (exact) mass is 351 g/mol. The molecular formula is C21H22FN3O. The van der Waals surface area contributed by atoms with Crippen LogP contribution in [-0.4, -0.2) is 29.0 Å². The van der Waals surface area contributed by atoms with Crippen LogP contribution in [-0.2, 0) is 11.3 Å². The molecule has 1 saturated heterocycles. The number of hydrogen-bond donors (Lipinski definition) is 1. The number of hydrogen-bond acceptors (Lipinski definition) is 3. The SMILES string of the molecule is Fc1ccc(-c2nn(-c3ccccc3)cc2CNC[C@@H]2CCCO2)cc1. The molecule has 0 radical (unpaired) electrons. The van der Waals surface area contributed by atoms with Crippen molar-refractivity contribution in [1.82, 2.24) is 15.1 Å². The summed E-state index contributed by atoms with van der Waals surface area (Å²) in [4.78, 5) is 0. The third-order valence-corrected chi connectivity index (χ3v) is 4.64. The van der Waals surface area contributed by atoms with Gasteiger partial charge in [0.25, 0.3) is 0 Å². The highest BCUT2D eigenvalue weighted by atomic mass is 19.1. The van der Waals surface area contributed by atoms with Crippen molar-refractivity contribution >= 4 is 0 Å². The molecule has 4 nitrogen and oxygen atoms in total. The maximum absolute atomic E-state index is 13.3. The number of rotatable bonds is 6. The molecule has 0 aliphatic carbocycles. The maximum atomic E-state index is 13.3. The zero-order valence-electron chi connectivity index (χ0n) is 14.6. The van der Waals surface area contributed by atoms with E-state index in [1.807, 2.05) is 41.2 Å². The van der Waals surface area contributed by atoms with E-state index in [4.69, 9.17) is 9.84 Å². The highest BCUT2D eigenvalue weighted by Gasteiger charge is 2.16. The molecule has 0 amide bonds. The van der Waals surface area contributed by atoms with Crippen molar-refractivity contribution in [2.24, 2.45) is 0 Å². The first-order chi connectivity index (χ1) is 12.8. The molecule has 1 fully saturated rings. The second-order valence-electron chi connectivity index (χ2n) is 6.56. The molecule has 5 heteroatoms. The topological polar surface area (TPSA) is 39.1 Å². The summed E-state index contributed by atoms with van der Waals surface area (Å²) in [6.07, 6.45) is 4.59. The fourth-order valence-electron chi connectivity index (χ4n) is 3.28. The van der Waals surface area contributed by atoms with Crippen molar-refractivity contribution in [3.63, 3.8) is 0 Å². The van der Waals surface area contributed by atoms with Crippen molar-refractivity contribution in [1.29, 1.82) is 0 Å². The van der Waals surface area contributed by atoms with Crippen LogP contribution in [0.1, 0.15) is 18.4 Å². The van der Waals surface area contributed by atoms with Crippen LogP contribution in [0.5, 0.6) is 0 Å². The van der Waals surface area contributed by atoms with Crippen molar-refractivity contribution in [3.05, 3.63) is 72.2 Å². The van der Waals surface area contributed by atoms with E-state index in [-0.39, 0.29) is 5.82 Å². The standard InChI is InChI=1S/C21H22FN3O/c22-18-10-8-16(9-11-18)21-17(13-23-14-20-7-4-12-26-20)15-25(24-21)19-5-2-1-3-6-19/h1-3,5-6,8-11,15,20,23H,4,7,12-14H2/t20-/m0/s1. The van der Waals surface area contributed by atoms with E-state index < -0.39 is 0 Å². The quantitative estimate of drug-likeness (QED) is 0.731. The summed E-state index contributed by atoms with van der Waals surface area (Å²) in [5.41, 5.74) is 3.86. The van der Waals surface area contributed by atoms with E-state index in [1.165, 1.54) is 12.1 Å². The van der Waals surface area contributed by atoms with E-state index >= 15 is 0 Å². The van der Waals surface area contributed by atoms with Gasteiger partial charge in [0.05, 0.1) is 17.5 Å². The van der Waals surface area contributed by atoms with Gasteiger partial charge in [-0.15, -0.1) is 0 Å². The molecule has 1 aromatic heterocycles. The van der Waals surface area contributed by atoms with Gasteiger partial charge in [0, 0.05) is 37.0 Å². The number of halogens is 1. The fourth-order valence-corrected chi connectivity index (χ4v) is 3.28. The lowest BCUT2D eigenvalue weighted by Gasteiger charge is -2.10. The molecule has 2 heterocycles. The third kappa shape index (κ3) is 3.84. The van der Waals surface area contributed by atoms with Crippen molar-refractivity contribution in [3.8, 4) is 16.9 Å². The molecule has 0 saturated carbocycles. The van der Waals surface area contributed by atoms with Gasteiger partial charge in [0.15, 0.2) is 0 Å². The summed E-state index contributed by atoms with van der Waals surface area (Å²) in [7, 11) is 0. The average molecular weight is 351 g/mol. The summed E-state index contributed by atoms with van der Waals surface area (Å²) in [6.45, 7) is 2.39. The Bertz CT molecular complexity index is 839. The van der Waals surface area contributed by atoms with Crippen LogP contribution in [0.3, 0.4) is 0 Å². The van der Waals surface area contributed by atoms with E-state index in [0.717, 1.165) is 48.5 Å².